The highest BCUT2D eigenvalue weighted by molar-refractivity contribution is 6.51. The lowest BCUT2D eigenvalue weighted by atomic mass is 9.93. The van der Waals surface area contributed by atoms with Crippen molar-refractivity contribution in [2.45, 2.75) is 18.9 Å². The van der Waals surface area contributed by atoms with Gasteiger partial charge >= 0.3 is 0 Å². The fourth-order valence-electron chi connectivity index (χ4n) is 4.47. The summed E-state index contributed by atoms with van der Waals surface area (Å²) in [7, 11) is 0. The number of phenols is 1. The van der Waals surface area contributed by atoms with Gasteiger partial charge in [0.05, 0.1) is 29.9 Å². The summed E-state index contributed by atoms with van der Waals surface area (Å²) in [5, 5.41) is 30.5. The van der Waals surface area contributed by atoms with E-state index in [0.29, 0.717) is 29.0 Å². The average molecular weight is 452 g/mol. The average Bonchev–Trinajstić information content (AvgIpc) is 3.13. The highest BCUT2D eigenvalue weighted by atomic mass is 16.5. The Labute approximate surface area is 195 Å². The van der Waals surface area contributed by atoms with Crippen LogP contribution in [0.15, 0.2) is 72.3 Å². The molecule has 2 aliphatic rings. The molecule has 1 fully saturated rings. The van der Waals surface area contributed by atoms with Crippen molar-refractivity contribution < 1.29 is 24.5 Å². The lowest BCUT2D eigenvalue weighted by Crippen LogP contribution is -2.29. The number of nitriles is 1. The first kappa shape index (κ1) is 21.3. The summed E-state index contributed by atoms with van der Waals surface area (Å²) in [5.74, 6) is -1.22. The van der Waals surface area contributed by atoms with Gasteiger partial charge in [0.2, 0.25) is 0 Å². The Kier molecular flexibility index (Phi) is 5.27. The largest absolute Gasteiger partial charge is 0.508 e. The van der Waals surface area contributed by atoms with Gasteiger partial charge in [-0.15, -0.1) is 0 Å². The van der Waals surface area contributed by atoms with Crippen molar-refractivity contribution in [3.05, 3.63) is 94.6 Å². The third-order valence-electron chi connectivity index (χ3n) is 6.09. The number of carbonyl (C=O) groups excluding carboxylic acids is 2. The minimum absolute atomic E-state index is 0.0335. The Morgan fingerprint density at radius 3 is 2.59 bits per heavy atom. The second-order valence-electron chi connectivity index (χ2n) is 8.20. The zero-order valence-electron chi connectivity index (χ0n) is 18.1. The van der Waals surface area contributed by atoms with Gasteiger partial charge in [-0.2, -0.15) is 5.26 Å². The maximum atomic E-state index is 13.2. The molecule has 1 amide bonds. The van der Waals surface area contributed by atoms with Crippen LogP contribution >= 0.6 is 0 Å². The third kappa shape index (κ3) is 3.55. The van der Waals surface area contributed by atoms with E-state index >= 15 is 0 Å². The number of aliphatic hydroxyl groups excluding tert-OH is 1. The quantitative estimate of drug-likeness (QED) is 0.350. The summed E-state index contributed by atoms with van der Waals surface area (Å²) in [6, 6.07) is 18.8. The molecule has 1 atom stereocenters. The molecule has 0 bridgehead atoms. The number of hydrogen-bond acceptors (Lipinski definition) is 6. The molecule has 3 aromatic rings. The number of hydrogen-bond donors (Lipinski definition) is 2. The van der Waals surface area contributed by atoms with E-state index in [1.807, 2.05) is 6.07 Å². The van der Waals surface area contributed by atoms with Gasteiger partial charge in [0.1, 0.15) is 17.3 Å². The molecule has 7 nitrogen and oxygen atoms in total. The van der Waals surface area contributed by atoms with E-state index in [1.54, 1.807) is 54.6 Å². The van der Waals surface area contributed by atoms with E-state index in [2.05, 4.69) is 0 Å². The number of benzene rings is 3. The van der Waals surface area contributed by atoms with Gasteiger partial charge in [0.15, 0.2) is 0 Å². The van der Waals surface area contributed by atoms with E-state index in [1.165, 1.54) is 17.0 Å². The Bertz CT molecular complexity index is 1380. The third-order valence-corrected chi connectivity index (χ3v) is 6.09. The maximum absolute atomic E-state index is 13.2. The van der Waals surface area contributed by atoms with Crippen molar-refractivity contribution in [3.63, 3.8) is 0 Å². The lowest BCUT2D eigenvalue weighted by molar-refractivity contribution is -0.132. The Balaban J connectivity index is 1.69. The molecule has 5 rings (SSSR count). The van der Waals surface area contributed by atoms with Crippen LogP contribution in [0.2, 0.25) is 0 Å². The molecule has 2 N–H and O–H groups in total. The van der Waals surface area contributed by atoms with Crippen LogP contribution < -0.4 is 9.64 Å². The Morgan fingerprint density at radius 1 is 1.06 bits per heavy atom. The summed E-state index contributed by atoms with van der Waals surface area (Å²) >= 11 is 0. The predicted molar refractivity (Wildman–Crippen MR) is 124 cm³/mol. The fraction of sp³-hybridized carbons (Fsp3) is 0.148. The van der Waals surface area contributed by atoms with Crippen molar-refractivity contribution in [3.8, 4) is 17.6 Å². The monoisotopic (exact) mass is 452 g/mol. The molecule has 168 valence electrons. The normalized spacial score (nSPS) is 18.8. The molecular formula is C27H20N2O5. The standard InChI is InChI=1S/C27H20N2O5/c28-15-16-6-9-20(10-7-16)29-24(18-3-1-5-21(30)14-18)23(26(32)27(29)33)25(31)19-8-11-22-17(13-19)4-2-12-34-22/h1,3,5-11,13-14,24,30-31H,2,4,12H2/b25-23-. The van der Waals surface area contributed by atoms with Crippen LogP contribution in [0.1, 0.15) is 34.7 Å². The number of carbonyl (C=O) groups is 2. The number of Topliss-reactive ketones (excluding diaryl/α,β-unsaturated/α-hetero) is 1. The van der Waals surface area contributed by atoms with Gasteiger partial charge < -0.3 is 14.9 Å². The SMILES string of the molecule is N#Cc1ccc(N2C(=O)C(=O)/C(=C(\O)c3ccc4c(c3)CCCO4)C2c2cccc(O)c2)cc1. The van der Waals surface area contributed by atoms with Crippen LogP contribution in [0.3, 0.4) is 0 Å². The molecule has 0 saturated carbocycles. The van der Waals surface area contributed by atoms with Gasteiger partial charge in [-0.1, -0.05) is 12.1 Å². The van der Waals surface area contributed by atoms with E-state index in [4.69, 9.17) is 10.00 Å². The van der Waals surface area contributed by atoms with E-state index in [9.17, 15) is 19.8 Å². The second-order valence-corrected chi connectivity index (χ2v) is 8.20. The minimum Gasteiger partial charge on any atom is -0.508 e. The molecule has 34 heavy (non-hydrogen) atoms. The van der Waals surface area contributed by atoms with Crippen molar-refractivity contribution in [1.29, 1.82) is 5.26 Å². The molecule has 2 aliphatic heterocycles. The van der Waals surface area contributed by atoms with E-state index in [0.717, 1.165) is 24.2 Å². The summed E-state index contributed by atoms with van der Waals surface area (Å²) in [6.07, 6.45) is 1.63. The Morgan fingerprint density at radius 2 is 1.85 bits per heavy atom. The van der Waals surface area contributed by atoms with Gasteiger partial charge in [-0.3, -0.25) is 14.5 Å². The van der Waals surface area contributed by atoms with Crippen LogP contribution in [0.5, 0.6) is 11.5 Å². The summed E-state index contributed by atoms with van der Waals surface area (Å²) in [5.41, 5.74) is 2.53. The van der Waals surface area contributed by atoms with E-state index < -0.39 is 17.7 Å². The number of aryl methyl sites for hydroxylation is 1. The molecule has 0 spiro atoms. The van der Waals surface area contributed by atoms with Crippen molar-refractivity contribution in [1.82, 2.24) is 0 Å². The molecular weight excluding hydrogens is 432 g/mol. The van der Waals surface area contributed by atoms with Gasteiger partial charge in [-0.05, 0) is 78.6 Å². The second kappa shape index (κ2) is 8.41. The number of aromatic hydroxyl groups is 1. The highest BCUT2D eigenvalue weighted by Crippen LogP contribution is 2.43. The summed E-state index contributed by atoms with van der Waals surface area (Å²) in [6.45, 7) is 0.630. The first-order chi connectivity index (χ1) is 16.5. The van der Waals surface area contributed by atoms with Gasteiger partial charge in [0, 0.05) is 11.3 Å². The molecule has 0 aromatic heterocycles. The first-order valence-corrected chi connectivity index (χ1v) is 10.8. The zero-order valence-corrected chi connectivity index (χ0v) is 18.1. The van der Waals surface area contributed by atoms with Crippen LogP contribution in [-0.4, -0.2) is 28.5 Å². The number of aliphatic hydroxyl groups is 1. The first-order valence-electron chi connectivity index (χ1n) is 10.8. The molecule has 3 aromatic carbocycles. The number of rotatable bonds is 3. The molecule has 0 radical (unpaired) electrons. The number of phenolic OH excluding ortho intramolecular Hbond substituents is 1. The smallest absolute Gasteiger partial charge is 0.300 e. The fourth-order valence-corrected chi connectivity index (χ4v) is 4.47. The zero-order chi connectivity index (χ0) is 23.8. The summed E-state index contributed by atoms with van der Waals surface area (Å²) < 4.78 is 5.64. The molecule has 0 aliphatic carbocycles. The number of ether oxygens (including phenoxy) is 1. The molecule has 2 heterocycles. The number of ketones is 1. The summed E-state index contributed by atoms with van der Waals surface area (Å²) in [4.78, 5) is 27.7. The van der Waals surface area contributed by atoms with Crippen molar-refractivity contribution >= 4 is 23.1 Å². The number of fused-ring (bicyclic) bond motifs is 1. The predicted octanol–water partition coefficient (Wildman–Crippen LogP) is 4.22. The van der Waals surface area contributed by atoms with Crippen LogP contribution in [0, 0.1) is 11.3 Å². The number of amides is 1. The number of anilines is 1. The number of nitrogens with zero attached hydrogens (tertiary/aromatic N) is 2. The van der Waals surface area contributed by atoms with Crippen LogP contribution in [0.4, 0.5) is 5.69 Å². The molecule has 1 saturated heterocycles. The maximum Gasteiger partial charge on any atom is 0.300 e. The van der Waals surface area contributed by atoms with Crippen molar-refractivity contribution in [2.24, 2.45) is 0 Å². The minimum atomic E-state index is -0.965. The van der Waals surface area contributed by atoms with Gasteiger partial charge in [-0.25, -0.2) is 0 Å². The lowest BCUT2D eigenvalue weighted by Gasteiger charge is -2.25. The van der Waals surface area contributed by atoms with Crippen LogP contribution in [-0.2, 0) is 16.0 Å². The highest BCUT2D eigenvalue weighted by Gasteiger charge is 2.47. The van der Waals surface area contributed by atoms with E-state index in [-0.39, 0.29) is 17.1 Å². The van der Waals surface area contributed by atoms with Gasteiger partial charge in [0.25, 0.3) is 11.7 Å². The molecule has 7 heteroatoms. The van der Waals surface area contributed by atoms with Crippen molar-refractivity contribution in [2.75, 3.05) is 11.5 Å². The topological polar surface area (TPSA) is 111 Å². The Hall–Kier alpha value is -4.57. The molecule has 1 unspecified atom stereocenters. The van der Waals surface area contributed by atoms with Crippen LogP contribution in [0.25, 0.3) is 5.76 Å².